The zero-order valence-electron chi connectivity index (χ0n) is 16.6. The minimum atomic E-state index is -4.66. The van der Waals surface area contributed by atoms with Gasteiger partial charge in [-0.05, 0) is 30.3 Å². The van der Waals surface area contributed by atoms with Crippen LogP contribution in [0.2, 0.25) is 0 Å². The number of fused-ring (bicyclic) bond motifs is 3. The van der Waals surface area contributed by atoms with Gasteiger partial charge in [-0.2, -0.15) is 13.2 Å². The van der Waals surface area contributed by atoms with E-state index in [-0.39, 0.29) is 11.6 Å². The number of hydrogen-bond acceptors (Lipinski definition) is 6. The number of alkyl halides is 3. The molecule has 32 heavy (non-hydrogen) atoms. The summed E-state index contributed by atoms with van der Waals surface area (Å²) in [5.74, 6) is 0.232. The Labute approximate surface area is 179 Å². The van der Waals surface area contributed by atoms with Crippen molar-refractivity contribution in [2.24, 2.45) is 0 Å². The first-order valence-electron chi connectivity index (χ1n) is 9.56. The Morgan fingerprint density at radius 3 is 2.56 bits per heavy atom. The van der Waals surface area contributed by atoms with E-state index in [1.807, 2.05) is 30.3 Å². The van der Waals surface area contributed by atoms with Gasteiger partial charge in [-0.25, -0.2) is 9.97 Å². The van der Waals surface area contributed by atoms with Crippen LogP contribution in [-0.2, 0) is 6.18 Å². The highest BCUT2D eigenvalue weighted by atomic mass is 19.4. The molecule has 5 aromatic rings. The minimum Gasteiger partial charge on any atom is -0.494 e. The van der Waals surface area contributed by atoms with Gasteiger partial charge in [0.1, 0.15) is 22.8 Å². The number of halogens is 3. The van der Waals surface area contributed by atoms with Crippen LogP contribution in [0.25, 0.3) is 33.3 Å². The monoisotopic (exact) mass is 436 g/mol. The molecule has 0 unspecified atom stereocenters. The van der Waals surface area contributed by atoms with E-state index in [0.29, 0.717) is 28.2 Å². The van der Waals surface area contributed by atoms with Gasteiger partial charge >= 0.3 is 6.18 Å². The molecule has 160 valence electrons. The molecule has 0 bridgehead atoms. The van der Waals surface area contributed by atoms with Gasteiger partial charge < -0.3 is 14.5 Å². The van der Waals surface area contributed by atoms with Gasteiger partial charge in [0.2, 0.25) is 0 Å². The van der Waals surface area contributed by atoms with Crippen molar-refractivity contribution in [3.63, 3.8) is 0 Å². The van der Waals surface area contributed by atoms with Gasteiger partial charge in [-0.15, -0.1) is 0 Å². The van der Waals surface area contributed by atoms with E-state index in [1.165, 1.54) is 19.5 Å². The maximum atomic E-state index is 13.6. The van der Waals surface area contributed by atoms with Gasteiger partial charge in [0.15, 0.2) is 17.1 Å². The van der Waals surface area contributed by atoms with Gasteiger partial charge in [0, 0.05) is 34.8 Å². The number of anilines is 2. The Bertz CT molecular complexity index is 1430. The number of aromatic nitrogens is 3. The molecule has 3 heterocycles. The zero-order valence-corrected chi connectivity index (χ0v) is 16.6. The molecule has 0 radical (unpaired) electrons. The number of pyridine rings is 1. The molecule has 0 amide bonds. The van der Waals surface area contributed by atoms with E-state index in [9.17, 15) is 13.2 Å². The van der Waals surface area contributed by atoms with E-state index in [4.69, 9.17) is 9.15 Å². The van der Waals surface area contributed by atoms with Gasteiger partial charge in [0.25, 0.3) is 0 Å². The molecule has 0 saturated carbocycles. The van der Waals surface area contributed by atoms with Crippen LogP contribution in [0.5, 0.6) is 5.75 Å². The van der Waals surface area contributed by atoms with Crippen molar-refractivity contribution in [2.45, 2.75) is 6.18 Å². The Hall–Kier alpha value is -4.14. The minimum absolute atomic E-state index is 0.0579. The highest BCUT2D eigenvalue weighted by molar-refractivity contribution is 6.10. The molecule has 0 fully saturated rings. The number of para-hydroxylation sites is 1. The Balaban J connectivity index is 1.69. The molecule has 0 saturated heterocycles. The fourth-order valence-corrected chi connectivity index (χ4v) is 3.47. The van der Waals surface area contributed by atoms with E-state index in [2.05, 4.69) is 20.3 Å². The smallest absolute Gasteiger partial charge is 0.433 e. The van der Waals surface area contributed by atoms with Crippen LogP contribution in [0.1, 0.15) is 5.69 Å². The maximum absolute atomic E-state index is 13.6. The lowest BCUT2D eigenvalue weighted by atomic mass is 10.1. The highest BCUT2D eigenvalue weighted by Gasteiger charge is 2.34. The predicted molar refractivity (Wildman–Crippen MR) is 114 cm³/mol. The van der Waals surface area contributed by atoms with Gasteiger partial charge in [-0.1, -0.05) is 18.2 Å². The second-order valence-corrected chi connectivity index (χ2v) is 6.94. The van der Waals surface area contributed by atoms with Crippen LogP contribution < -0.4 is 10.1 Å². The van der Waals surface area contributed by atoms with Crippen molar-refractivity contribution in [1.82, 2.24) is 15.0 Å². The van der Waals surface area contributed by atoms with Crippen LogP contribution in [0, 0.1) is 0 Å². The SMILES string of the molecule is COc1ccc2c(oc3ccccc32)c1Nc1cc(C(F)(F)F)nc(-c2cccnc2)n1. The van der Waals surface area contributed by atoms with E-state index < -0.39 is 11.9 Å². The van der Waals surface area contributed by atoms with Crippen LogP contribution in [0.3, 0.4) is 0 Å². The third-order valence-electron chi connectivity index (χ3n) is 4.92. The summed E-state index contributed by atoms with van der Waals surface area (Å²) in [6.45, 7) is 0. The van der Waals surface area contributed by atoms with Crippen LogP contribution >= 0.6 is 0 Å². The first kappa shape index (κ1) is 19.8. The molecule has 0 aliphatic heterocycles. The second kappa shape index (κ2) is 7.52. The molecule has 1 N–H and O–H groups in total. The number of nitrogens with zero attached hydrogens (tertiary/aromatic N) is 3. The molecule has 0 atom stereocenters. The predicted octanol–water partition coefficient (Wildman–Crippen LogP) is 6.21. The summed E-state index contributed by atoms with van der Waals surface area (Å²) in [6.07, 6.45) is -1.74. The molecule has 3 aromatic heterocycles. The fourth-order valence-electron chi connectivity index (χ4n) is 3.47. The lowest BCUT2D eigenvalue weighted by molar-refractivity contribution is -0.141. The maximum Gasteiger partial charge on any atom is 0.433 e. The number of methoxy groups -OCH3 is 1. The average Bonchev–Trinajstić information content (AvgIpc) is 3.18. The van der Waals surface area contributed by atoms with E-state index in [1.54, 1.807) is 18.2 Å². The summed E-state index contributed by atoms with van der Waals surface area (Å²) in [6, 6.07) is 15.1. The third kappa shape index (κ3) is 3.47. The fraction of sp³-hybridized carbons (Fsp3) is 0.0870. The molecule has 0 aliphatic carbocycles. The Morgan fingerprint density at radius 2 is 1.81 bits per heavy atom. The molecule has 0 aliphatic rings. The van der Waals surface area contributed by atoms with Crippen LogP contribution in [-0.4, -0.2) is 22.1 Å². The molecule has 6 nitrogen and oxygen atoms in total. The summed E-state index contributed by atoms with van der Waals surface area (Å²) in [5.41, 5.74) is 0.736. The Morgan fingerprint density at radius 1 is 0.969 bits per heavy atom. The quantitative estimate of drug-likeness (QED) is 0.361. The third-order valence-corrected chi connectivity index (χ3v) is 4.92. The number of furan rings is 1. The summed E-state index contributed by atoms with van der Waals surface area (Å²) >= 11 is 0. The highest BCUT2D eigenvalue weighted by Crippen LogP contribution is 2.41. The molecular weight excluding hydrogens is 421 g/mol. The van der Waals surface area contributed by atoms with Crippen molar-refractivity contribution in [3.05, 3.63) is 72.7 Å². The zero-order chi connectivity index (χ0) is 22.3. The number of rotatable bonds is 4. The van der Waals surface area contributed by atoms with Gasteiger partial charge in [0.05, 0.1) is 7.11 Å². The number of nitrogens with one attached hydrogen (secondary N) is 1. The number of hydrogen-bond donors (Lipinski definition) is 1. The second-order valence-electron chi connectivity index (χ2n) is 6.94. The van der Waals surface area contributed by atoms with Crippen LogP contribution in [0.15, 0.2) is 71.4 Å². The molecule has 5 rings (SSSR count). The summed E-state index contributed by atoms with van der Waals surface area (Å²) in [4.78, 5) is 11.9. The van der Waals surface area contributed by atoms with Crippen molar-refractivity contribution >= 4 is 33.4 Å². The van der Waals surface area contributed by atoms with Crippen molar-refractivity contribution in [3.8, 4) is 17.1 Å². The number of ether oxygens (including phenoxy) is 1. The molecule has 0 spiro atoms. The van der Waals surface area contributed by atoms with Crippen molar-refractivity contribution in [1.29, 1.82) is 0 Å². The Kier molecular flexibility index (Phi) is 4.66. The number of benzene rings is 2. The standard InChI is InChI=1S/C23H15F3N4O2/c1-31-17-9-8-15-14-6-2-3-7-16(14)32-21(15)20(17)29-19-11-18(23(24,25)26)28-22(30-19)13-5-4-10-27-12-13/h2-12H,1H3,(H,28,29,30). The lowest BCUT2D eigenvalue weighted by Crippen LogP contribution is -2.11. The summed E-state index contributed by atoms with van der Waals surface area (Å²) in [5, 5.41) is 4.63. The average molecular weight is 436 g/mol. The van der Waals surface area contributed by atoms with Gasteiger partial charge in [-0.3, -0.25) is 4.98 Å². The van der Waals surface area contributed by atoms with Crippen molar-refractivity contribution < 1.29 is 22.3 Å². The van der Waals surface area contributed by atoms with E-state index in [0.717, 1.165) is 16.8 Å². The molecule has 2 aromatic carbocycles. The lowest BCUT2D eigenvalue weighted by Gasteiger charge is -2.14. The topological polar surface area (TPSA) is 73.1 Å². The summed E-state index contributed by atoms with van der Waals surface area (Å²) in [7, 11) is 1.47. The first-order chi connectivity index (χ1) is 15.4. The molecule has 9 heteroatoms. The largest absolute Gasteiger partial charge is 0.494 e. The van der Waals surface area contributed by atoms with E-state index >= 15 is 0 Å². The molecular formula is C23H15F3N4O2. The normalized spacial score (nSPS) is 11.8. The van der Waals surface area contributed by atoms with Crippen molar-refractivity contribution in [2.75, 3.05) is 12.4 Å². The first-order valence-corrected chi connectivity index (χ1v) is 9.56. The summed E-state index contributed by atoms with van der Waals surface area (Å²) < 4.78 is 52.1. The van der Waals surface area contributed by atoms with Crippen LogP contribution in [0.4, 0.5) is 24.7 Å².